The molecule has 47 heavy (non-hydrogen) atoms. The first-order valence-electron chi connectivity index (χ1n) is 16.1. The van der Waals surface area contributed by atoms with E-state index in [1.54, 1.807) is 45.9 Å². The summed E-state index contributed by atoms with van der Waals surface area (Å²) in [4.78, 5) is 40.7. The number of benzene rings is 2. The van der Waals surface area contributed by atoms with E-state index in [1.807, 2.05) is 24.3 Å². The maximum atomic E-state index is 11.7. The second-order valence-electron chi connectivity index (χ2n) is 12.2. The zero-order chi connectivity index (χ0) is 33.3. The number of hydrogen-bond donors (Lipinski definition) is 1. The predicted molar refractivity (Wildman–Crippen MR) is 178 cm³/mol. The van der Waals surface area contributed by atoms with E-state index < -0.39 is 0 Å². The summed E-state index contributed by atoms with van der Waals surface area (Å²) >= 11 is 0. The lowest BCUT2D eigenvalue weighted by Crippen LogP contribution is -2.37. The molecule has 2 aliphatic rings. The van der Waals surface area contributed by atoms with Gasteiger partial charge in [0.25, 0.3) is 0 Å². The van der Waals surface area contributed by atoms with Crippen LogP contribution >= 0.6 is 0 Å². The summed E-state index contributed by atoms with van der Waals surface area (Å²) in [7, 11) is 3.37. The Morgan fingerprint density at radius 2 is 1.17 bits per heavy atom. The number of esters is 1. The van der Waals surface area contributed by atoms with Crippen molar-refractivity contribution >= 4 is 11.8 Å². The van der Waals surface area contributed by atoms with Crippen molar-refractivity contribution in [2.24, 2.45) is 5.73 Å². The van der Waals surface area contributed by atoms with Crippen LogP contribution in [0.25, 0.3) is 0 Å². The van der Waals surface area contributed by atoms with Crippen LogP contribution in [0.1, 0.15) is 88.9 Å². The van der Waals surface area contributed by atoms with Gasteiger partial charge in [-0.15, -0.1) is 0 Å². The van der Waals surface area contributed by atoms with E-state index in [2.05, 4.69) is 44.2 Å². The molecule has 10 heteroatoms. The number of carbonyl (C=O) groups is 2. The van der Waals surface area contributed by atoms with Gasteiger partial charge in [0.05, 0.1) is 38.5 Å². The Morgan fingerprint density at radius 1 is 0.723 bits per heavy atom. The van der Waals surface area contributed by atoms with Crippen LogP contribution in [-0.4, -0.2) is 59.1 Å². The second-order valence-corrected chi connectivity index (χ2v) is 12.2. The Morgan fingerprint density at radius 3 is 1.53 bits per heavy atom. The normalized spacial score (nSPS) is 15.6. The summed E-state index contributed by atoms with van der Waals surface area (Å²) in [6.07, 6.45) is 14.7. The van der Waals surface area contributed by atoms with Crippen molar-refractivity contribution in [1.29, 1.82) is 0 Å². The Bertz CT molecular complexity index is 1650. The number of methoxy groups -OCH3 is 2. The van der Waals surface area contributed by atoms with Crippen LogP contribution in [0.4, 0.5) is 0 Å². The first-order valence-corrected chi connectivity index (χ1v) is 16.1. The number of ether oxygens (including phenoxy) is 3. The van der Waals surface area contributed by atoms with Crippen molar-refractivity contribution in [2.75, 3.05) is 27.4 Å². The molecule has 0 atom stereocenters. The zero-order valence-electron chi connectivity index (χ0n) is 27.4. The third-order valence-electron chi connectivity index (χ3n) is 9.41. The molecule has 246 valence electrons. The van der Waals surface area contributed by atoms with Crippen molar-refractivity contribution in [2.45, 2.75) is 69.1 Å². The summed E-state index contributed by atoms with van der Waals surface area (Å²) in [6, 6.07) is 16.5. The largest absolute Gasteiger partial charge is 0.497 e. The third kappa shape index (κ3) is 7.82. The van der Waals surface area contributed by atoms with Crippen LogP contribution in [0.15, 0.2) is 73.3 Å². The highest BCUT2D eigenvalue weighted by Crippen LogP contribution is 2.47. The SMILES string of the molecule is CCOC(=O)c1cnc(CC2(c3cccc(OC)c3)CCC2)nc1.COc1cccc(C2(Cc3ncc(C(=O)CN)cn3)CCC2)c1. The highest BCUT2D eigenvalue weighted by atomic mass is 16.5. The van der Waals surface area contributed by atoms with E-state index in [-0.39, 0.29) is 29.1 Å². The zero-order valence-corrected chi connectivity index (χ0v) is 27.4. The molecule has 4 aromatic rings. The fraction of sp³-hybridized carbons (Fsp3) is 0.405. The minimum Gasteiger partial charge on any atom is -0.497 e. The predicted octanol–water partition coefficient (Wildman–Crippen LogP) is 5.62. The summed E-state index contributed by atoms with van der Waals surface area (Å²) in [5, 5.41) is 0. The van der Waals surface area contributed by atoms with Crippen LogP contribution < -0.4 is 15.2 Å². The molecule has 6 rings (SSSR count). The molecule has 2 heterocycles. The van der Waals surface area contributed by atoms with E-state index in [4.69, 9.17) is 19.9 Å². The molecule has 0 aliphatic heterocycles. The first-order chi connectivity index (χ1) is 22.8. The fourth-order valence-electron chi connectivity index (χ4n) is 6.33. The minimum absolute atomic E-state index is 0.0174. The van der Waals surface area contributed by atoms with Crippen LogP contribution in [0.3, 0.4) is 0 Å². The van der Waals surface area contributed by atoms with E-state index in [0.717, 1.165) is 61.7 Å². The van der Waals surface area contributed by atoms with Crippen molar-refractivity contribution in [3.63, 3.8) is 0 Å². The molecule has 0 saturated heterocycles. The molecule has 0 amide bonds. The van der Waals surface area contributed by atoms with Gasteiger partial charge >= 0.3 is 5.97 Å². The molecule has 0 bridgehead atoms. The number of hydrogen-bond acceptors (Lipinski definition) is 10. The Labute approximate surface area is 276 Å². The van der Waals surface area contributed by atoms with Gasteiger partial charge in [0, 0.05) is 48.5 Å². The molecule has 0 radical (unpaired) electrons. The van der Waals surface area contributed by atoms with Crippen LogP contribution in [0.5, 0.6) is 11.5 Å². The summed E-state index contributed by atoms with van der Waals surface area (Å²) in [6.45, 7) is 2.11. The van der Waals surface area contributed by atoms with Gasteiger partial charge in [-0.3, -0.25) is 4.79 Å². The monoisotopic (exact) mass is 637 g/mol. The summed E-state index contributed by atoms with van der Waals surface area (Å²) < 4.78 is 15.7. The van der Waals surface area contributed by atoms with Gasteiger partial charge < -0.3 is 19.9 Å². The number of nitrogens with zero attached hydrogens (tertiary/aromatic N) is 4. The molecule has 2 aromatic heterocycles. The average molecular weight is 638 g/mol. The molecule has 2 saturated carbocycles. The number of Topliss-reactive ketones (excluding diaryl/α,β-unsaturated/α-hetero) is 1. The van der Waals surface area contributed by atoms with Crippen molar-refractivity contribution < 1.29 is 23.8 Å². The van der Waals surface area contributed by atoms with E-state index in [9.17, 15) is 9.59 Å². The molecule has 0 spiro atoms. The van der Waals surface area contributed by atoms with E-state index in [0.29, 0.717) is 17.7 Å². The van der Waals surface area contributed by atoms with Crippen LogP contribution in [-0.2, 0) is 28.4 Å². The highest BCUT2D eigenvalue weighted by molar-refractivity contribution is 5.96. The van der Waals surface area contributed by atoms with Gasteiger partial charge in [-0.2, -0.15) is 0 Å². The van der Waals surface area contributed by atoms with E-state index >= 15 is 0 Å². The number of rotatable bonds is 12. The minimum atomic E-state index is -0.379. The topological polar surface area (TPSA) is 139 Å². The van der Waals surface area contributed by atoms with Crippen molar-refractivity contribution in [3.05, 3.63) is 107 Å². The van der Waals surface area contributed by atoms with Crippen LogP contribution in [0, 0.1) is 0 Å². The van der Waals surface area contributed by atoms with Gasteiger partial charge in [0.1, 0.15) is 23.1 Å². The lowest BCUT2D eigenvalue weighted by molar-refractivity contribution is 0.0525. The Kier molecular flexibility index (Phi) is 10.9. The highest BCUT2D eigenvalue weighted by Gasteiger charge is 2.40. The molecule has 0 unspecified atom stereocenters. The third-order valence-corrected chi connectivity index (χ3v) is 9.41. The van der Waals surface area contributed by atoms with Gasteiger partial charge in [-0.1, -0.05) is 37.1 Å². The van der Waals surface area contributed by atoms with Crippen molar-refractivity contribution in [3.8, 4) is 11.5 Å². The van der Waals surface area contributed by atoms with Gasteiger partial charge in [-0.05, 0) is 68.0 Å². The number of ketones is 1. The van der Waals surface area contributed by atoms with Gasteiger partial charge in [0.15, 0.2) is 5.78 Å². The second kappa shape index (κ2) is 15.3. The number of nitrogens with two attached hydrogens (primary N) is 1. The average Bonchev–Trinajstić information content (AvgIpc) is 3.08. The summed E-state index contributed by atoms with van der Waals surface area (Å²) in [5.41, 5.74) is 8.91. The smallest absolute Gasteiger partial charge is 0.341 e. The Balaban J connectivity index is 0.000000185. The van der Waals surface area contributed by atoms with Crippen molar-refractivity contribution in [1.82, 2.24) is 19.9 Å². The number of carbonyl (C=O) groups excluding carboxylic acids is 2. The molecule has 2 fully saturated rings. The fourth-order valence-corrected chi connectivity index (χ4v) is 6.33. The molecular weight excluding hydrogens is 594 g/mol. The standard InChI is InChI=1S/C19H22N2O3.C18H21N3O2/c1-3-24-18(22)14-12-20-17(21-13-14)11-19(8-5-9-19)15-6-4-7-16(10-15)23-2;1-23-15-5-2-4-14(8-15)18(6-3-7-18)9-17-20-11-13(12-21-17)16(22)10-19/h4,6-7,10,12-13H,3,5,8-9,11H2,1-2H3;2,4-5,8,11-12H,3,6-7,9-10,19H2,1H3. The molecule has 2 aromatic carbocycles. The molecular formula is C37H43N5O5. The maximum Gasteiger partial charge on any atom is 0.341 e. The molecule has 2 N–H and O–H groups in total. The lowest BCUT2D eigenvalue weighted by atomic mass is 9.62. The first kappa shape index (κ1) is 33.7. The van der Waals surface area contributed by atoms with Gasteiger partial charge in [-0.25, -0.2) is 24.7 Å². The van der Waals surface area contributed by atoms with E-state index in [1.165, 1.54) is 24.0 Å². The quantitative estimate of drug-likeness (QED) is 0.154. The number of aromatic nitrogens is 4. The molecule has 10 nitrogen and oxygen atoms in total. The molecule has 2 aliphatic carbocycles. The summed E-state index contributed by atoms with van der Waals surface area (Å²) in [5.74, 6) is 2.75. The Hall–Kier alpha value is -4.70. The lowest BCUT2D eigenvalue weighted by Gasteiger charge is -2.42. The maximum absolute atomic E-state index is 11.7. The van der Waals surface area contributed by atoms with Crippen LogP contribution in [0.2, 0.25) is 0 Å². The van der Waals surface area contributed by atoms with Gasteiger partial charge in [0.2, 0.25) is 0 Å².